The number of carbonyl (C=O) groups excluding carboxylic acids is 1. The summed E-state index contributed by atoms with van der Waals surface area (Å²) in [6, 6.07) is 1.99. The van der Waals surface area contributed by atoms with Crippen LogP contribution in [0.5, 0.6) is 0 Å². The second-order valence-corrected chi connectivity index (χ2v) is 5.97. The Labute approximate surface area is 117 Å². The molecule has 0 aromatic carbocycles. The van der Waals surface area contributed by atoms with Crippen LogP contribution in [0.2, 0.25) is 0 Å². The average molecular weight is 280 g/mol. The van der Waals surface area contributed by atoms with Gasteiger partial charge in [-0.1, -0.05) is 19.3 Å². The van der Waals surface area contributed by atoms with E-state index in [-0.39, 0.29) is 17.2 Å². The number of pyridine rings is 1. The fourth-order valence-corrected chi connectivity index (χ4v) is 3.67. The SMILES string of the molecule is O=C(Cl)c1cc2c(n(C3CCCCC3)c1=O)CCC2. The van der Waals surface area contributed by atoms with E-state index in [1.807, 2.05) is 4.57 Å². The van der Waals surface area contributed by atoms with Crippen LogP contribution in [0.25, 0.3) is 0 Å². The second kappa shape index (κ2) is 5.12. The van der Waals surface area contributed by atoms with Gasteiger partial charge in [0.2, 0.25) is 0 Å². The maximum absolute atomic E-state index is 12.5. The molecule has 1 fully saturated rings. The first-order chi connectivity index (χ1) is 9.18. The first-order valence-corrected chi connectivity index (χ1v) is 7.53. The van der Waals surface area contributed by atoms with E-state index in [9.17, 15) is 9.59 Å². The van der Waals surface area contributed by atoms with Crippen molar-refractivity contribution < 1.29 is 4.79 Å². The Balaban J connectivity index is 2.15. The summed E-state index contributed by atoms with van der Waals surface area (Å²) in [6.07, 6.45) is 8.68. The predicted octanol–water partition coefficient (Wildman–Crippen LogP) is 3.22. The molecule has 3 nitrogen and oxygen atoms in total. The molecule has 0 bridgehead atoms. The zero-order valence-corrected chi connectivity index (χ0v) is 11.7. The highest BCUT2D eigenvalue weighted by atomic mass is 35.5. The third kappa shape index (κ3) is 2.25. The molecule has 102 valence electrons. The molecule has 0 N–H and O–H groups in total. The van der Waals surface area contributed by atoms with Gasteiger partial charge in [0.25, 0.3) is 10.8 Å². The minimum absolute atomic E-state index is 0.160. The van der Waals surface area contributed by atoms with Crippen molar-refractivity contribution in [3.8, 4) is 0 Å². The molecular formula is C15H18ClNO2. The van der Waals surface area contributed by atoms with E-state index in [4.69, 9.17) is 11.6 Å². The molecule has 0 saturated heterocycles. The van der Waals surface area contributed by atoms with E-state index < -0.39 is 5.24 Å². The summed E-state index contributed by atoms with van der Waals surface area (Å²) in [7, 11) is 0. The van der Waals surface area contributed by atoms with Gasteiger partial charge in [-0.15, -0.1) is 0 Å². The van der Waals surface area contributed by atoms with Crippen LogP contribution < -0.4 is 5.56 Å². The van der Waals surface area contributed by atoms with Crippen LogP contribution in [0.3, 0.4) is 0 Å². The van der Waals surface area contributed by atoms with Crippen molar-refractivity contribution in [2.45, 2.75) is 57.4 Å². The number of carbonyl (C=O) groups is 1. The van der Waals surface area contributed by atoms with E-state index in [1.165, 1.54) is 19.3 Å². The highest BCUT2D eigenvalue weighted by Gasteiger charge is 2.26. The molecule has 0 amide bonds. The topological polar surface area (TPSA) is 39.1 Å². The summed E-state index contributed by atoms with van der Waals surface area (Å²) in [5.41, 5.74) is 2.29. The molecule has 0 spiro atoms. The van der Waals surface area contributed by atoms with Crippen molar-refractivity contribution in [2.75, 3.05) is 0 Å². The maximum atomic E-state index is 12.5. The van der Waals surface area contributed by atoms with Crippen molar-refractivity contribution in [3.05, 3.63) is 33.2 Å². The number of aryl methyl sites for hydroxylation is 1. The van der Waals surface area contributed by atoms with Crippen molar-refractivity contribution in [1.29, 1.82) is 0 Å². The lowest BCUT2D eigenvalue weighted by molar-refractivity contribution is 0.107. The molecule has 0 atom stereocenters. The standard InChI is InChI=1S/C15H18ClNO2/c16-14(18)12-9-10-5-4-8-13(10)17(15(12)19)11-6-2-1-3-7-11/h9,11H,1-8H2. The Morgan fingerprint density at radius 1 is 1.16 bits per heavy atom. The fourth-order valence-electron chi connectivity index (χ4n) is 3.54. The zero-order chi connectivity index (χ0) is 13.4. The molecule has 1 saturated carbocycles. The van der Waals surface area contributed by atoms with Crippen LogP contribution in [0.1, 0.15) is 66.2 Å². The van der Waals surface area contributed by atoms with Gasteiger partial charge >= 0.3 is 0 Å². The molecule has 0 radical (unpaired) electrons. The maximum Gasteiger partial charge on any atom is 0.263 e. The fraction of sp³-hybridized carbons (Fsp3) is 0.600. The number of hydrogen-bond donors (Lipinski definition) is 0. The Morgan fingerprint density at radius 2 is 1.89 bits per heavy atom. The zero-order valence-electron chi connectivity index (χ0n) is 11.0. The summed E-state index contributed by atoms with van der Waals surface area (Å²) in [6.45, 7) is 0. The summed E-state index contributed by atoms with van der Waals surface area (Å²) >= 11 is 5.57. The summed E-state index contributed by atoms with van der Waals surface area (Å²) in [5.74, 6) is 0. The normalized spacial score (nSPS) is 19.4. The van der Waals surface area contributed by atoms with Crippen LogP contribution in [0.15, 0.2) is 10.9 Å². The number of fused-ring (bicyclic) bond motifs is 1. The molecular weight excluding hydrogens is 262 g/mol. The van der Waals surface area contributed by atoms with Crippen LogP contribution >= 0.6 is 11.6 Å². The average Bonchev–Trinajstić information content (AvgIpc) is 2.86. The minimum atomic E-state index is -0.621. The Hall–Kier alpha value is -1.09. The van der Waals surface area contributed by atoms with Gasteiger partial charge in [0.15, 0.2) is 0 Å². The van der Waals surface area contributed by atoms with E-state index in [1.54, 1.807) is 6.07 Å². The molecule has 1 heterocycles. The van der Waals surface area contributed by atoms with Crippen molar-refractivity contribution >= 4 is 16.8 Å². The Bertz CT molecular complexity index is 570. The van der Waals surface area contributed by atoms with Crippen LogP contribution in [-0.2, 0) is 12.8 Å². The molecule has 2 aliphatic rings. The monoisotopic (exact) mass is 279 g/mol. The van der Waals surface area contributed by atoms with E-state index in [2.05, 4.69) is 0 Å². The summed E-state index contributed by atoms with van der Waals surface area (Å²) in [4.78, 5) is 24.0. The Kier molecular flexibility index (Phi) is 3.48. The van der Waals surface area contributed by atoms with Gasteiger partial charge in [0.1, 0.15) is 0 Å². The van der Waals surface area contributed by atoms with Crippen LogP contribution in [0.4, 0.5) is 0 Å². The molecule has 0 unspecified atom stereocenters. The lowest BCUT2D eigenvalue weighted by atomic mass is 9.94. The highest BCUT2D eigenvalue weighted by Crippen LogP contribution is 2.31. The Morgan fingerprint density at radius 3 is 2.58 bits per heavy atom. The predicted molar refractivity (Wildman–Crippen MR) is 75.0 cm³/mol. The molecule has 0 aliphatic heterocycles. The third-order valence-corrected chi connectivity index (χ3v) is 4.64. The third-order valence-electron chi connectivity index (χ3n) is 4.44. The van der Waals surface area contributed by atoms with Gasteiger partial charge in [-0.2, -0.15) is 0 Å². The van der Waals surface area contributed by atoms with Gasteiger partial charge in [0, 0.05) is 11.7 Å². The number of hydrogen-bond acceptors (Lipinski definition) is 2. The smallest absolute Gasteiger partial charge is 0.263 e. The van der Waals surface area contributed by atoms with Crippen LogP contribution in [-0.4, -0.2) is 9.81 Å². The highest BCUT2D eigenvalue weighted by molar-refractivity contribution is 6.67. The number of rotatable bonds is 2. The summed E-state index contributed by atoms with van der Waals surface area (Å²) < 4.78 is 1.90. The van der Waals surface area contributed by atoms with Gasteiger partial charge in [0.05, 0.1) is 5.56 Å². The van der Waals surface area contributed by atoms with E-state index in [0.29, 0.717) is 0 Å². The van der Waals surface area contributed by atoms with E-state index >= 15 is 0 Å². The van der Waals surface area contributed by atoms with Gasteiger partial charge in [-0.05, 0) is 55.3 Å². The van der Waals surface area contributed by atoms with Crippen molar-refractivity contribution in [2.24, 2.45) is 0 Å². The van der Waals surface area contributed by atoms with Crippen molar-refractivity contribution in [1.82, 2.24) is 4.57 Å². The quantitative estimate of drug-likeness (QED) is 0.780. The number of halogens is 1. The molecule has 3 rings (SSSR count). The van der Waals surface area contributed by atoms with Gasteiger partial charge in [-0.25, -0.2) is 0 Å². The minimum Gasteiger partial charge on any atom is -0.309 e. The second-order valence-electron chi connectivity index (χ2n) is 5.62. The molecule has 19 heavy (non-hydrogen) atoms. The summed E-state index contributed by atoms with van der Waals surface area (Å²) in [5, 5.41) is -0.621. The first-order valence-electron chi connectivity index (χ1n) is 7.15. The van der Waals surface area contributed by atoms with Crippen molar-refractivity contribution in [3.63, 3.8) is 0 Å². The number of nitrogens with zero attached hydrogens (tertiary/aromatic N) is 1. The lowest BCUT2D eigenvalue weighted by Crippen LogP contribution is -2.32. The number of aromatic nitrogens is 1. The molecule has 1 aromatic rings. The molecule has 2 aliphatic carbocycles. The van der Waals surface area contributed by atoms with Gasteiger partial charge in [-0.3, -0.25) is 9.59 Å². The molecule has 1 aromatic heterocycles. The largest absolute Gasteiger partial charge is 0.309 e. The first kappa shape index (κ1) is 12.9. The molecule has 4 heteroatoms. The van der Waals surface area contributed by atoms with E-state index in [0.717, 1.165) is 43.4 Å². The lowest BCUT2D eigenvalue weighted by Gasteiger charge is -2.27. The van der Waals surface area contributed by atoms with Crippen LogP contribution in [0, 0.1) is 0 Å². The van der Waals surface area contributed by atoms with Gasteiger partial charge < -0.3 is 4.57 Å².